The first-order chi connectivity index (χ1) is 14.2. The van der Waals surface area contributed by atoms with Crippen molar-refractivity contribution in [2.45, 2.75) is 18.9 Å². The third kappa shape index (κ3) is 3.96. The molecule has 2 aromatic carbocycles. The van der Waals surface area contributed by atoms with Crippen LogP contribution in [-0.4, -0.2) is 34.3 Å². The number of ether oxygens (including phenoxy) is 2. The lowest BCUT2D eigenvalue weighted by Crippen LogP contribution is -2.16. The number of carbonyl (C=O) groups is 1. The van der Waals surface area contributed by atoms with Crippen molar-refractivity contribution in [3.05, 3.63) is 53.9 Å². The van der Waals surface area contributed by atoms with E-state index in [-0.39, 0.29) is 30.2 Å². The van der Waals surface area contributed by atoms with E-state index in [2.05, 4.69) is 20.5 Å². The molecule has 2 atom stereocenters. The number of halogens is 1. The number of nitrogens with one attached hydrogen (secondary N) is 2. The summed E-state index contributed by atoms with van der Waals surface area (Å²) in [5, 5.41) is 9.93. The van der Waals surface area contributed by atoms with Crippen molar-refractivity contribution in [3.63, 3.8) is 0 Å². The van der Waals surface area contributed by atoms with Gasteiger partial charge in [-0.1, -0.05) is 6.07 Å². The van der Waals surface area contributed by atoms with E-state index in [4.69, 9.17) is 15.2 Å². The normalized spacial score (nSPS) is 19.0. The number of nitrogens with zero attached hydrogens (tertiary/aromatic N) is 2. The van der Waals surface area contributed by atoms with E-state index in [1.807, 2.05) is 42.5 Å². The standard InChI is InChI=1S/C21H21N5O3.ClH/c22-11-19-24-20(26-25-19)12-1-4-14(5-2-12)23-21(27)16-10-15(16)13-3-6-17-18(9-13)29-8-7-28-17;/h1-6,9,15-16H,7-8,10-11,22H2,(H,23,27)(H,24,25,26);1H. The molecule has 1 aliphatic heterocycles. The highest BCUT2D eigenvalue weighted by Crippen LogP contribution is 2.49. The Labute approximate surface area is 179 Å². The van der Waals surface area contributed by atoms with E-state index in [0.717, 1.165) is 34.7 Å². The van der Waals surface area contributed by atoms with Crippen molar-refractivity contribution in [3.8, 4) is 22.9 Å². The summed E-state index contributed by atoms with van der Waals surface area (Å²) in [5.41, 5.74) is 8.27. The highest BCUT2D eigenvalue weighted by atomic mass is 35.5. The first-order valence-electron chi connectivity index (χ1n) is 9.63. The Kier molecular flexibility index (Phi) is 5.61. The van der Waals surface area contributed by atoms with Crippen LogP contribution < -0.4 is 20.5 Å². The molecule has 2 unspecified atom stereocenters. The number of H-pyrrole nitrogens is 1. The molecule has 0 spiro atoms. The fourth-order valence-electron chi connectivity index (χ4n) is 3.60. The second-order valence-electron chi connectivity index (χ2n) is 7.23. The number of nitrogens with two attached hydrogens (primary N) is 1. The first-order valence-corrected chi connectivity index (χ1v) is 9.63. The van der Waals surface area contributed by atoms with E-state index in [0.29, 0.717) is 31.4 Å². The number of hydrogen-bond acceptors (Lipinski definition) is 6. The van der Waals surface area contributed by atoms with Gasteiger partial charge in [-0.15, -0.1) is 12.4 Å². The van der Waals surface area contributed by atoms with Crippen molar-refractivity contribution >= 4 is 24.0 Å². The van der Waals surface area contributed by atoms with Gasteiger partial charge < -0.3 is 20.5 Å². The lowest BCUT2D eigenvalue weighted by atomic mass is 10.1. The molecule has 8 nitrogen and oxygen atoms in total. The van der Waals surface area contributed by atoms with Gasteiger partial charge >= 0.3 is 0 Å². The number of fused-ring (bicyclic) bond motifs is 1. The fourth-order valence-corrected chi connectivity index (χ4v) is 3.60. The molecule has 1 fully saturated rings. The zero-order valence-electron chi connectivity index (χ0n) is 16.1. The monoisotopic (exact) mass is 427 g/mol. The van der Waals surface area contributed by atoms with Crippen LogP contribution in [0.3, 0.4) is 0 Å². The largest absolute Gasteiger partial charge is 0.486 e. The molecule has 4 N–H and O–H groups in total. The van der Waals surface area contributed by atoms with Crippen LogP contribution in [0.25, 0.3) is 11.4 Å². The summed E-state index contributed by atoms with van der Waals surface area (Å²) in [6.07, 6.45) is 0.836. The molecule has 156 valence electrons. The van der Waals surface area contributed by atoms with Gasteiger partial charge in [-0.25, -0.2) is 4.98 Å². The van der Waals surface area contributed by atoms with Crippen LogP contribution in [0.2, 0.25) is 0 Å². The van der Waals surface area contributed by atoms with E-state index < -0.39 is 0 Å². The fraction of sp³-hybridized carbons (Fsp3) is 0.286. The van der Waals surface area contributed by atoms with Gasteiger partial charge in [-0.3, -0.25) is 9.89 Å². The van der Waals surface area contributed by atoms with Gasteiger partial charge in [0.25, 0.3) is 0 Å². The minimum Gasteiger partial charge on any atom is -0.486 e. The molecule has 1 amide bonds. The molecule has 5 rings (SSSR count). The molecule has 9 heteroatoms. The predicted octanol–water partition coefficient (Wildman–Crippen LogP) is 2.87. The lowest BCUT2D eigenvalue weighted by Gasteiger charge is -2.18. The van der Waals surface area contributed by atoms with Crippen LogP contribution in [0.15, 0.2) is 42.5 Å². The Hall–Kier alpha value is -3.10. The number of benzene rings is 2. The maximum atomic E-state index is 12.6. The average Bonchev–Trinajstić information content (AvgIpc) is 3.43. The Morgan fingerprint density at radius 2 is 1.90 bits per heavy atom. The minimum atomic E-state index is -0.0302. The number of rotatable bonds is 5. The Morgan fingerprint density at radius 1 is 1.13 bits per heavy atom. The van der Waals surface area contributed by atoms with Gasteiger partial charge in [0.1, 0.15) is 19.0 Å². The molecule has 2 heterocycles. The van der Waals surface area contributed by atoms with Crippen LogP contribution >= 0.6 is 12.4 Å². The molecule has 0 radical (unpaired) electrons. The second-order valence-corrected chi connectivity index (χ2v) is 7.23. The van der Waals surface area contributed by atoms with Crippen LogP contribution in [0.1, 0.15) is 23.7 Å². The highest BCUT2D eigenvalue weighted by molar-refractivity contribution is 5.95. The predicted molar refractivity (Wildman–Crippen MR) is 114 cm³/mol. The number of hydrogen-bond donors (Lipinski definition) is 3. The molecule has 1 aliphatic carbocycles. The quantitative estimate of drug-likeness (QED) is 0.576. The first kappa shape index (κ1) is 20.2. The molecule has 30 heavy (non-hydrogen) atoms. The van der Waals surface area contributed by atoms with Gasteiger partial charge in [-0.2, -0.15) is 5.10 Å². The maximum absolute atomic E-state index is 12.6. The van der Waals surface area contributed by atoms with E-state index in [9.17, 15) is 4.79 Å². The van der Waals surface area contributed by atoms with E-state index in [1.165, 1.54) is 0 Å². The summed E-state index contributed by atoms with van der Waals surface area (Å²) in [4.78, 5) is 16.9. The summed E-state index contributed by atoms with van der Waals surface area (Å²) in [7, 11) is 0. The number of carbonyl (C=O) groups excluding carboxylic acids is 1. The van der Waals surface area contributed by atoms with E-state index >= 15 is 0 Å². The van der Waals surface area contributed by atoms with Gasteiger partial charge in [0, 0.05) is 17.2 Å². The number of aromatic nitrogens is 3. The summed E-state index contributed by atoms with van der Waals surface area (Å²) < 4.78 is 11.2. The molecule has 2 aliphatic rings. The van der Waals surface area contributed by atoms with Crippen molar-refractivity contribution in [2.24, 2.45) is 11.7 Å². The van der Waals surface area contributed by atoms with Gasteiger partial charge in [0.05, 0.1) is 6.54 Å². The van der Waals surface area contributed by atoms with Crippen LogP contribution in [0, 0.1) is 5.92 Å². The molecular weight excluding hydrogens is 406 g/mol. The topological polar surface area (TPSA) is 115 Å². The highest BCUT2D eigenvalue weighted by Gasteiger charge is 2.44. The zero-order valence-corrected chi connectivity index (χ0v) is 16.9. The number of amides is 1. The molecule has 0 bridgehead atoms. The molecular formula is C21H22ClN5O3. The van der Waals surface area contributed by atoms with Crippen molar-refractivity contribution < 1.29 is 14.3 Å². The number of anilines is 1. The Balaban J connectivity index is 0.00000218. The smallest absolute Gasteiger partial charge is 0.228 e. The van der Waals surface area contributed by atoms with Gasteiger partial charge in [0.15, 0.2) is 17.3 Å². The Morgan fingerprint density at radius 3 is 2.63 bits per heavy atom. The summed E-state index contributed by atoms with van der Waals surface area (Å²) in [5.74, 6) is 2.97. The zero-order chi connectivity index (χ0) is 19.8. The third-order valence-corrected chi connectivity index (χ3v) is 5.26. The van der Waals surface area contributed by atoms with Crippen molar-refractivity contribution in [1.29, 1.82) is 0 Å². The number of aromatic amines is 1. The van der Waals surface area contributed by atoms with Crippen LogP contribution in [0.4, 0.5) is 5.69 Å². The van der Waals surface area contributed by atoms with E-state index in [1.54, 1.807) is 0 Å². The van der Waals surface area contributed by atoms with Gasteiger partial charge in [-0.05, 0) is 54.3 Å². The van der Waals surface area contributed by atoms with Gasteiger partial charge in [0.2, 0.25) is 5.91 Å². The molecule has 1 aromatic heterocycles. The molecule has 1 saturated carbocycles. The average molecular weight is 428 g/mol. The summed E-state index contributed by atoms with van der Waals surface area (Å²) >= 11 is 0. The third-order valence-electron chi connectivity index (χ3n) is 5.26. The minimum absolute atomic E-state index is 0. The SMILES string of the molecule is Cl.NCc1nc(-c2ccc(NC(=O)C3CC3c3ccc4c(c3)OCCO4)cc2)n[nH]1. The van der Waals surface area contributed by atoms with Crippen LogP contribution in [0.5, 0.6) is 11.5 Å². The molecule has 0 saturated heterocycles. The Bertz CT molecular complexity index is 1050. The lowest BCUT2D eigenvalue weighted by molar-refractivity contribution is -0.117. The summed E-state index contributed by atoms with van der Waals surface area (Å²) in [6.45, 7) is 1.44. The molecule has 3 aromatic rings. The van der Waals surface area contributed by atoms with Crippen LogP contribution in [-0.2, 0) is 11.3 Å². The second kappa shape index (κ2) is 8.33. The summed E-state index contributed by atoms with van der Waals surface area (Å²) in [6, 6.07) is 13.4. The van der Waals surface area contributed by atoms with Crippen molar-refractivity contribution in [2.75, 3.05) is 18.5 Å². The van der Waals surface area contributed by atoms with Crippen molar-refractivity contribution in [1.82, 2.24) is 15.2 Å². The maximum Gasteiger partial charge on any atom is 0.228 e.